The largest absolute Gasteiger partial charge is 0.469 e. The molecule has 0 aromatic heterocycles. The van der Waals surface area contributed by atoms with Crippen LogP contribution in [0.5, 0.6) is 0 Å². The van der Waals surface area contributed by atoms with Crippen molar-refractivity contribution in [1.82, 2.24) is 4.90 Å². The molecule has 5 heteroatoms. The van der Waals surface area contributed by atoms with Crippen LogP contribution in [0.2, 0.25) is 0 Å². The molecule has 2 rings (SSSR count). The fraction of sp³-hybridized carbons (Fsp3) is 0.857. The summed E-state index contributed by atoms with van der Waals surface area (Å²) >= 11 is 0. The monoisotopic (exact) mass is 269 g/mol. The highest BCUT2D eigenvalue weighted by molar-refractivity contribution is 5.80. The molecule has 19 heavy (non-hydrogen) atoms. The van der Waals surface area contributed by atoms with E-state index in [9.17, 15) is 9.59 Å². The van der Waals surface area contributed by atoms with E-state index in [1.165, 1.54) is 7.11 Å². The number of piperidine rings is 1. The molecule has 2 aliphatic heterocycles. The molecule has 108 valence electrons. The molecule has 2 aliphatic rings. The lowest BCUT2D eigenvalue weighted by Crippen LogP contribution is -2.44. The van der Waals surface area contributed by atoms with Gasteiger partial charge in [-0.15, -0.1) is 0 Å². The molecular weight excluding hydrogens is 246 g/mol. The Hall–Kier alpha value is -1.10. The Balaban J connectivity index is 1.87. The summed E-state index contributed by atoms with van der Waals surface area (Å²) in [6.07, 6.45) is 3.21. The van der Waals surface area contributed by atoms with Crippen LogP contribution in [-0.4, -0.2) is 49.7 Å². The van der Waals surface area contributed by atoms with E-state index >= 15 is 0 Å². The lowest BCUT2D eigenvalue weighted by atomic mass is 9.93. The minimum Gasteiger partial charge on any atom is -0.469 e. The molecule has 5 nitrogen and oxygen atoms in total. The summed E-state index contributed by atoms with van der Waals surface area (Å²) in [6.45, 7) is 4.06. The van der Waals surface area contributed by atoms with Crippen LogP contribution in [0, 0.1) is 11.8 Å². The Morgan fingerprint density at radius 1 is 1.26 bits per heavy atom. The first-order chi connectivity index (χ1) is 9.17. The van der Waals surface area contributed by atoms with Gasteiger partial charge in [0.05, 0.1) is 25.0 Å². The van der Waals surface area contributed by atoms with Gasteiger partial charge in [-0.2, -0.15) is 0 Å². The number of hydrogen-bond donors (Lipinski definition) is 0. The number of hydrogen-bond acceptors (Lipinski definition) is 4. The van der Waals surface area contributed by atoms with E-state index in [0.717, 1.165) is 12.8 Å². The number of methoxy groups -OCH3 is 1. The van der Waals surface area contributed by atoms with Gasteiger partial charge in [-0.25, -0.2) is 0 Å². The van der Waals surface area contributed by atoms with Crippen LogP contribution in [0.25, 0.3) is 0 Å². The summed E-state index contributed by atoms with van der Waals surface area (Å²) in [4.78, 5) is 25.8. The molecule has 0 aromatic carbocycles. The van der Waals surface area contributed by atoms with Gasteiger partial charge in [0, 0.05) is 19.7 Å². The van der Waals surface area contributed by atoms with Crippen molar-refractivity contribution < 1.29 is 19.1 Å². The summed E-state index contributed by atoms with van der Waals surface area (Å²) in [5.74, 6) is 0.0194. The molecule has 2 unspecified atom stereocenters. The fourth-order valence-electron chi connectivity index (χ4n) is 3.07. The maximum absolute atomic E-state index is 12.4. The third-order valence-corrected chi connectivity index (χ3v) is 4.27. The van der Waals surface area contributed by atoms with Crippen LogP contribution in [0.15, 0.2) is 0 Å². The van der Waals surface area contributed by atoms with E-state index in [-0.39, 0.29) is 29.8 Å². The average Bonchev–Trinajstić information content (AvgIpc) is 2.94. The Morgan fingerprint density at radius 2 is 1.95 bits per heavy atom. The Bertz CT molecular complexity index is 336. The van der Waals surface area contributed by atoms with Crippen LogP contribution >= 0.6 is 0 Å². The smallest absolute Gasteiger partial charge is 0.308 e. The third kappa shape index (κ3) is 3.08. The zero-order valence-corrected chi connectivity index (χ0v) is 11.8. The summed E-state index contributed by atoms with van der Waals surface area (Å²) in [5, 5.41) is 0. The van der Waals surface area contributed by atoms with Crippen LogP contribution in [0.1, 0.15) is 32.6 Å². The highest BCUT2D eigenvalue weighted by Crippen LogP contribution is 2.27. The molecule has 0 aromatic rings. The van der Waals surface area contributed by atoms with Crippen molar-refractivity contribution in [2.75, 3.05) is 26.8 Å². The van der Waals surface area contributed by atoms with Crippen molar-refractivity contribution >= 4 is 11.9 Å². The zero-order valence-electron chi connectivity index (χ0n) is 11.8. The van der Waals surface area contributed by atoms with Crippen LogP contribution in [-0.2, 0) is 19.1 Å². The third-order valence-electron chi connectivity index (χ3n) is 4.27. The van der Waals surface area contributed by atoms with Crippen molar-refractivity contribution in [3.05, 3.63) is 0 Å². The zero-order chi connectivity index (χ0) is 13.8. The molecule has 0 radical (unpaired) electrons. The van der Waals surface area contributed by atoms with Crippen molar-refractivity contribution in [2.45, 2.75) is 38.7 Å². The number of likely N-dealkylation sites (tertiary alicyclic amines) is 1. The molecule has 0 aliphatic carbocycles. The van der Waals surface area contributed by atoms with E-state index in [0.29, 0.717) is 32.5 Å². The number of rotatable bonds is 3. The number of ether oxygens (including phenoxy) is 2. The average molecular weight is 269 g/mol. The van der Waals surface area contributed by atoms with Gasteiger partial charge in [-0.3, -0.25) is 9.59 Å². The first-order valence-corrected chi connectivity index (χ1v) is 7.15. The van der Waals surface area contributed by atoms with Crippen LogP contribution in [0.3, 0.4) is 0 Å². The standard InChI is InChI=1S/C14H23NO4/c1-3-12-11(6-9-19-12)13(16)15-7-4-10(5-8-15)14(17)18-2/h10-12H,3-9H2,1-2H3. The SMILES string of the molecule is CCC1OCCC1C(=O)N1CCC(C(=O)OC)CC1. The molecule has 2 fully saturated rings. The van der Waals surface area contributed by atoms with Gasteiger partial charge >= 0.3 is 5.97 Å². The minimum absolute atomic E-state index is 0.0136. The lowest BCUT2D eigenvalue weighted by Gasteiger charge is -2.33. The van der Waals surface area contributed by atoms with Gasteiger partial charge in [0.25, 0.3) is 0 Å². The van der Waals surface area contributed by atoms with E-state index in [4.69, 9.17) is 9.47 Å². The molecule has 0 N–H and O–H groups in total. The molecule has 0 bridgehead atoms. The summed E-state index contributed by atoms with van der Waals surface area (Å²) in [6, 6.07) is 0. The Labute approximate surface area is 114 Å². The highest BCUT2D eigenvalue weighted by Gasteiger charge is 2.37. The van der Waals surface area contributed by atoms with Gasteiger partial charge < -0.3 is 14.4 Å². The van der Waals surface area contributed by atoms with E-state index < -0.39 is 0 Å². The quantitative estimate of drug-likeness (QED) is 0.723. The van der Waals surface area contributed by atoms with Gasteiger partial charge in [0.2, 0.25) is 5.91 Å². The lowest BCUT2D eigenvalue weighted by molar-refractivity contribution is -0.150. The van der Waals surface area contributed by atoms with Gasteiger partial charge in [-0.05, 0) is 25.7 Å². The number of amides is 1. The van der Waals surface area contributed by atoms with Crippen molar-refractivity contribution in [3.8, 4) is 0 Å². The second-order valence-corrected chi connectivity index (χ2v) is 5.34. The van der Waals surface area contributed by atoms with E-state index in [2.05, 4.69) is 6.92 Å². The predicted octanol–water partition coefficient (Wildman–Crippen LogP) is 1.21. The van der Waals surface area contributed by atoms with Gasteiger partial charge in [-0.1, -0.05) is 6.92 Å². The van der Waals surface area contributed by atoms with Crippen molar-refractivity contribution in [3.63, 3.8) is 0 Å². The normalized spacial score (nSPS) is 28.4. The van der Waals surface area contributed by atoms with Crippen molar-refractivity contribution in [2.24, 2.45) is 11.8 Å². The Kier molecular flexibility index (Phi) is 4.80. The van der Waals surface area contributed by atoms with E-state index in [1.807, 2.05) is 4.90 Å². The molecule has 2 atom stereocenters. The first-order valence-electron chi connectivity index (χ1n) is 7.15. The van der Waals surface area contributed by atoms with Crippen molar-refractivity contribution in [1.29, 1.82) is 0 Å². The number of nitrogens with zero attached hydrogens (tertiary/aromatic N) is 1. The Morgan fingerprint density at radius 3 is 2.53 bits per heavy atom. The minimum atomic E-state index is -0.150. The van der Waals surface area contributed by atoms with Gasteiger partial charge in [0.15, 0.2) is 0 Å². The highest BCUT2D eigenvalue weighted by atomic mass is 16.5. The van der Waals surface area contributed by atoms with Crippen LogP contribution < -0.4 is 0 Å². The maximum atomic E-state index is 12.4. The molecule has 2 heterocycles. The second kappa shape index (κ2) is 6.37. The molecule has 0 spiro atoms. The summed E-state index contributed by atoms with van der Waals surface area (Å²) in [7, 11) is 1.42. The number of esters is 1. The van der Waals surface area contributed by atoms with E-state index in [1.54, 1.807) is 0 Å². The number of carbonyl (C=O) groups is 2. The first kappa shape index (κ1) is 14.3. The van der Waals surface area contributed by atoms with Crippen LogP contribution in [0.4, 0.5) is 0 Å². The maximum Gasteiger partial charge on any atom is 0.308 e. The van der Waals surface area contributed by atoms with Gasteiger partial charge in [0.1, 0.15) is 0 Å². The number of carbonyl (C=O) groups excluding carboxylic acids is 2. The summed E-state index contributed by atoms with van der Waals surface area (Å²) in [5.41, 5.74) is 0. The molecule has 0 saturated carbocycles. The molecular formula is C14H23NO4. The summed E-state index contributed by atoms with van der Waals surface area (Å²) < 4.78 is 10.3. The molecule has 2 saturated heterocycles. The molecule has 1 amide bonds. The second-order valence-electron chi connectivity index (χ2n) is 5.34. The predicted molar refractivity (Wildman–Crippen MR) is 69.5 cm³/mol. The topological polar surface area (TPSA) is 55.8 Å². The fourth-order valence-corrected chi connectivity index (χ4v) is 3.07.